The second kappa shape index (κ2) is 5.16. The third kappa shape index (κ3) is 3.10. The molecule has 1 aromatic heterocycles. The van der Waals surface area contributed by atoms with Crippen molar-refractivity contribution in [3.8, 4) is 0 Å². The molecule has 0 bridgehead atoms. The topological polar surface area (TPSA) is 54.9 Å². The Labute approximate surface area is 114 Å². The predicted molar refractivity (Wildman–Crippen MR) is 64.0 cm³/mol. The van der Waals surface area contributed by atoms with Crippen LogP contribution in [0.15, 0.2) is 18.2 Å². The molecule has 20 heavy (non-hydrogen) atoms. The quantitative estimate of drug-likeness (QED) is 0.867. The first-order valence-corrected chi connectivity index (χ1v) is 6.07. The highest BCUT2D eigenvalue weighted by atomic mass is 32.1. The van der Waals surface area contributed by atoms with E-state index in [2.05, 4.69) is 15.5 Å². The van der Waals surface area contributed by atoms with Gasteiger partial charge in [0, 0.05) is 5.56 Å². The van der Waals surface area contributed by atoms with Gasteiger partial charge in [0.1, 0.15) is 5.82 Å². The average molecular weight is 305 g/mol. The Bertz CT molecular complexity index is 653. The van der Waals surface area contributed by atoms with Crippen LogP contribution in [0.25, 0.3) is 0 Å². The fourth-order valence-corrected chi connectivity index (χ4v) is 1.90. The first-order valence-electron chi connectivity index (χ1n) is 5.25. The van der Waals surface area contributed by atoms with Crippen molar-refractivity contribution < 1.29 is 22.4 Å². The number of nitrogens with zero attached hydrogens (tertiary/aromatic N) is 2. The van der Waals surface area contributed by atoms with E-state index in [-0.39, 0.29) is 22.0 Å². The summed E-state index contributed by atoms with van der Waals surface area (Å²) < 4.78 is 50.2. The molecule has 1 amide bonds. The largest absolute Gasteiger partial charge is 0.445 e. The zero-order chi connectivity index (χ0) is 14.9. The van der Waals surface area contributed by atoms with Crippen molar-refractivity contribution in [2.75, 3.05) is 5.32 Å². The lowest BCUT2D eigenvalue weighted by Crippen LogP contribution is -2.12. The maximum absolute atomic E-state index is 13.3. The zero-order valence-electron chi connectivity index (χ0n) is 9.95. The van der Waals surface area contributed by atoms with E-state index in [0.717, 1.165) is 6.07 Å². The van der Waals surface area contributed by atoms with Crippen molar-refractivity contribution in [2.45, 2.75) is 13.1 Å². The highest BCUT2D eigenvalue weighted by molar-refractivity contribution is 7.15. The van der Waals surface area contributed by atoms with Gasteiger partial charge in [-0.1, -0.05) is 17.4 Å². The normalized spacial score (nSPS) is 11.4. The summed E-state index contributed by atoms with van der Waals surface area (Å²) in [6, 6.07) is 3.75. The number of aromatic nitrogens is 2. The summed E-state index contributed by atoms with van der Waals surface area (Å²) in [6.07, 6.45) is -4.61. The van der Waals surface area contributed by atoms with Crippen LogP contribution in [0.1, 0.15) is 20.9 Å². The van der Waals surface area contributed by atoms with Crippen LogP contribution in [-0.2, 0) is 6.18 Å². The molecule has 0 atom stereocenters. The van der Waals surface area contributed by atoms with Crippen LogP contribution in [0, 0.1) is 12.7 Å². The molecule has 9 heteroatoms. The molecule has 0 aliphatic carbocycles. The van der Waals surface area contributed by atoms with Gasteiger partial charge in [-0.15, -0.1) is 10.2 Å². The zero-order valence-corrected chi connectivity index (χ0v) is 10.8. The molecule has 0 radical (unpaired) electrons. The van der Waals surface area contributed by atoms with Crippen LogP contribution in [0.3, 0.4) is 0 Å². The molecule has 2 rings (SSSR count). The van der Waals surface area contributed by atoms with E-state index in [1.54, 1.807) is 0 Å². The fourth-order valence-electron chi connectivity index (χ4n) is 1.29. The smallest absolute Gasteiger partial charge is 0.296 e. The molecule has 0 fully saturated rings. The van der Waals surface area contributed by atoms with Crippen LogP contribution >= 0.6 is 11.3 Å². The molecule has 0 saturated heterocycles. The van der Waals surface area contributed by atoms with Crippen LogP contribution in [0.5, 0.6) is 0 Å². The summed E-state index contributed by atoms with van der Waals surface area (Å²) in [6.45, 7) is 1.53. The van der Waals surface area contributed by atoms with Gasteiger partial charge in [-0.3, -0.25) is 10.1 Å². The second-order valence-electron chi connectivity index (χ2n) is 3.83. The van der Waals surface area contributed by atoms with Gasteiger partial charge >= 0.3 is 6.18 Å². The minimum Gasteiger partial charge on any atom is -0.296 e. The highest BCUT2D eigenvalue weighted by Gasteiger charge is 2.35. The number of carbonyl (C=O) groups excluding carboxylic acids is 1. The highest BCUT2D eigenvalue weighted by Crippen LogP contribution is 2.33. The van der Waals surface area contributed by atoms with Crippen molar-refractivity contribution in [2.24, 2.45) is 0 Å². The summed E-state index contributed by atoms with van der Waals surface area (Å²) in [4.78, 5) is 11.7. The molecule has 1 aromatic carbocycles. The van der Waals surface area contributed by atoms with Gasteiger partial charge in [-0.2, -0.15) is 13.2 Å². The lowest BCUT2D eigenvalue weighted by molar-refractivity contribution is -0.138. The number of halogens is 4. The summed E-state index contributed by atoms with van der Waals surface area (Å²) in [5, 5.41) is 6.80. The molecule has 1 heterocycles. The number of hydrogen-bond acceptors (Lipinski definition) is 4. The fraction of sp³-hybridized carbons (Fsp3) is 0.182. The second-order valence-corrected chi connectivity index (χ2v) is 4.81. The van der Waals surface area contributed by atoms with E-state index in [9.17, 15) is 22.4 Å². The lowest BCUT2D eigenvalue weighted by atomic mass is 10.1. The van der Waals surface area contributed by atoms with Crippen LogP contribution < -0.4 is 5.32 Å². The Hall–Kier alpha value is -2.03. The minimum absolute atomic E-state index is 0.0168. The molecule has 0 saturated carbocycles. The SMILES string of the molecule is Cc1ccc(C(=O)Nc2nnc(C(F)(F)F)s2)cc1F. The molecular formula is C11H7F4N3OS. The minimum atomic E-state index is -4.61. The van der Waals surface area contributed by atoms with Gasteiger partial charge in [-0.25, -0.2) is 4.39 Å². The van der Waals surface area contributed by atoms with E-state index in [1.165, 1.54) is 19.1 Å². The van der Waals surface area contributed by atoms with Gasteiger partial charge in [-0.05, 0) is 24.6 Å². The van der Waals surface area contributed by atoms with Crippen molar-refractivity contribution in [3.05, 3.63) is 40.2 Å². The van der Waals surface area contributed by atoms with E-state index >= 15 is 0 Å². The number of aryl methyl sites for hydroxylation is 1. The molecule has 4 nitrogen and oxygen atoms in total. The third-order valence-corrected chi connectivity index (χ3v) is 3.21. The molecule has 0 aliphatic rings. The third-order valence-electron chi connectivity index (χ3n) is 2.32. The Kier molecular flexibility index (Phi) is 3.71. The van der Waals surface area contributed by atoms with Crippen molar-refractivity contribution in [1.82, 2.24) is 10.2 Å². The summed E-state index contributed by atoms with van der Waals surface area (Å²) >= 11 is 0.197. The summed E-state index contributed by atoms with van der Waals surface area (Å²) in [5.41, 5.74) is 0.341. The van der Waals surface area contributed by atoms with Gasteiger partial charge in [0.2, 0.25) is 10.1 Å². The summed E-state index contributed by atoms with van der Waals surface area (Å²) in [7, 11) is 0. The van der Waals surface area contributed by atoms with Gasteiger partial charge in [0.25, 0.3) is 5.91 Å². The molecule has 2 aromatic rings. The number of benzene rings is 1. The van der Waals surface area contributed by atoms with E-state index in [1.807, 2.05) is 0 Å². The Balaban J connectivity index is 2.15. The monoisotopic (exact) mass is 305 g/mol. The van der Waals surface area contributed by atoms with Crippen molar-refractivity contribution in [1.29, 1.82) is 0 Å². The van der Waals surface area contributed by atoms with Crippen molar-refractivity contribution >= 4 is 22.4 Å². The number of nitrogens with one attached hydrogen (secondary N) is 1. The molecular weight excluding hydrogens is 298 g/mol. The summed E-state index contributed by atoms with van der Waals surface area (Å²) in [5.74, 6) is -1.33. The molecule has 0 unspecified atom stereocenters. The number of hydrogen-bond donors (Lipinski definition) is 1. The van der Waals surface area contributed by atoms with Gasteiger partial charge < -0.3 is 0 Å². The van der Waals surface area contributed by atoms with Gasteiger partial charge in [0.15, 0.2) is 0 Å². The Morgan fingerprint density at radius 3 is 2.55 bits per heavy atom. The maximum atomic E-state index is 13.3. The van der Waals surface area contributed by atoms with Gasteiger partial charge in [0.05, 0.1) is 0 Å². The van der Waals surface area contributed by atoms with Crippen LogP contribution in [0.2, 0.25) is 0 Å². The number of alkyl halides is 3. The first-order chi connectivity index (χ1) is 9.27. The molecule has 106 valence electrons. The van der Waals surface area contributed by atoms with E-state index in [4.69, 9.17) is 0 Å². The first kappa shape index (κ1) is 14.4. The van der Waals surface area contributed by atoms with Crippen molar-refractivity contribution in [3.63, 3.8) is 0 Å². The van der Waals surface area contributed by atoms with Crippen LogP contribution in [-0.4, -0.2) is 16.1 Å². The molecule has 1 N–H and O–H groups in total. The Morgan fingerprint density at radius 1 is 1.30 bits per heavy atom. The molecule has 0 aliphatic heterocycles. The lowest BCUT2D eigenvalue weighted by Gasteiger charge is -2.02. The van der Waals surface area contributed by atoms with E-state index in [0.29, 0.717) is 5.56 Å². The maximum Gasteiger partial charge on any atom is 0.445 e. The standard InChI is InChI=1S/C11H7F4N3OS/c1-5-2-3-6(4-7(5)12)8(19)16-10-18-17-9(20-10)11(13,14)15/h2-4H,1H3,(H,16,18,19). The predicted octanol–water partition coefficient (Wildman–Crippen LogP) is 3.26. The number of anilines is 1. The van der Waals surface area contributed by atoms with Crippen LogP contribution in [0.4, 0.5) is 22.7 Å². The molecule has 0 spiro atoms. The van der Waals surface area contributed by atoms with E-state index < -0.39 is 22.9 Å². The number of carbonyl (C=O) groups is 1. The average Bonchev–Trinajstić information content (AvgIpc) is 2.81. The Morgan fingerprint density at radius 2 is 2.00 bits per heavy atom. The number of rotatable bonds is 2. The number of amides is 1.